The Balaban J connectivity index is 2.55. The summed E-state index contributed by atoms with van der Waals surface area (Å²) >= 11 is 0. The summed E-state index contributed by atoms with van der Waals surface area (Å²) in [6.45, 7) is 0. The number of rotatable bonds is 2. The maximum atomic E-state index is 12.6. The van der Waals surface area contributed by atoms with E-state index in [1.165, 1.54) is 25.3 Å². The summed E-state index contributed by atoms with van der Waals surface area (Å²) in [6, 6.07) is 3.94. The lowest BCUT2D eigenvalue weighted by Gasteiger charge is -2.20. The van der Waals surface area contributed by atoms with Gasteiger partial charge < -0.3 is 9.72 Å². The molecule has 3 nitrogen and oxygen atoms in total. The van der Waals surface area contributed by atoms with Gasteiger partial charge in [-0.05, 0) is 12.1 Å². The van der Waals surface area contributed by atoms with Gasteiger partial charge in [-0.25, -0.2) is 4.98 Å². The molecule has 1 heterocycles. The van der Waals surface area contributed by atoms with Crippen molar-refractivity contribution in [3.05, 3.63) is 24.0 Å². The van der Waals surface area contributed by atoms with Crippen molar-refractivity contribution in [1.29, 1.82) is 0 Å². The molecule has 9 heteroatoms. The average Bonchev–Trinajstić information content (AvgIpc) is 2.65. The van der Waals surface area contributed by atoms with Crippen LogP contribution in [0.2, 0.25) is 0 Å². The van der Waals surface area contributed by atoms with Crippen molar-refractivity contribution in [3.8, 4) is 5.75 Å². The fraction of sp³-hybridized carbons (Fsp3) is 0.364. The van der Waals surface area contributed by atoms with Crippen LogP contribution in [0.25, 0.3) is 11.0 Å². The minimum atomic E-state index is -5.48. The van der Waals surface area contributed by atoms with Crippen LogP contribution in [-0.2, 0) is 0 Å². The predicted octanol–water partition coefficient (Wildman–Crippen LogP) is 3.78. The van der Waals surface area contributed by atoms with Crippen molar-refractivity contribution in [2.45, 2.75) is 18.3 Å². The van der Waals surface area contributed by atoms with Gasteiger partial charge in [0, 0.05) is 6.07 Å². The first-order valence-corrected chi connectivity index (χ1v) is 5.30. The first kappa shape index (κ1) is 14.5. The van der Waals surface area contributed by atoms with Gasteiger partial charge in [0.2, 0.25) is 5.92 Å². The molecule has 1 aromatic heterocycles. The van der Waals surface area contributed by atoms with Crippen molar-refractivity contribution in [3.63, 3.8) is 0 Å². The van der Waals surface area contributed by atoms with Gasteiger partial charge in [0.25, 0.3) is 0 Å². The number of halogens is 6. The number of imidazole rings is 1. The topological polar surface area (TPSA) is 37.9 Å². The highest BCUT2D eigenvalue weighted by Gasteiger charge is 2.59. The average molecular weight is 298 g/mol. The molecule has 0 atom stereocenters. The molecule has 0 fully saturated rings. The molecule has 0 bridgehead atoms. The van der Waals surface area contributed by atoms with Crippen LogP contribution in [-0.4, -0.2) is 29.4 Å². The number of hydrogen-bond acceptors (Lipinski definition) is 2. The van der Waals surface area contributed by atoms with E-state index in [1.807, 2.05) is 0 Å². The molecule has 20 heavy (non-hydrogen) atoms. The van der Waals surface area contributed by atoms with E-state index in [4.69, 9.17) is 4.74 Å². The summed E-state index contributed by atoms with van der Waals surface area (Å²) in [5.41, 5.74) is 0.0390. The third-order valence-electron chi connectivity index (χ3n) is 2.64. The van der Waals surface area contributed by atoms with Crippen molar-refractivity contribution in [2.75, 3.05) is 7.11 Å². The minimum absolute atomic E-state index is 0.000648. The first-order chi connectivity index (χ1) is 9.13. The number of hydrogen-bond donors (Lipinski definition) is 1. The molecule has 0 radical (unpaired) electrons. The lowest BCUT2D eigenvalue weighted by molar-refractivity contribution is -0.255. The van der Waals surface area contributed by atoms with Crippen LogP contribution >= 0.6 is 0 Å². The Morgan fingerprint density at radius 3 is 2.20 bits per heavy atom. The third kappa shape index (κ3) is 2.66. The Labute approximate surface area is 108 Å². The van der Waals surface area contributed by atoms with Crippen LogP contribution in [0.15, 0.2) is 18.2 Å². The van der Waals surface area contributed by atoms with Gasteiger partial charge in [-0.3, -0.25) is 0 Å². The second kappa shape index (κ2) is 4.57. The number of nitrogens with zero attached hydrogens (tertiary/aromatic N) is 1. The van der Waals surface area contributed by atoms with E-state index >= 15 is 0 Å². The normalized spacial score (nSPS) is 13.2. The summed E-state index contributed by atoms with van der Waals surface area (Å²) in [4.78, 5) is 5.42. The van der Waals surface area contributed by atoms with E-state index in [-0.39, 0.29) is 11.0 Å². The fourth-order valence-corrected chi connectivity index (χ4v) is 1.77. The van der Waals surface area contributed by atoms with Gasteiger partial charge in [-0.2, -0.15) is 26.3 Å². The number of H-pyrrole nitrogens is 1. The fourth-order valence-electron chi connectivity index (χ4n) is 1.77. The van der Waals surface area contributed by atoms with Crippen molar-refractivity contribution < 1.29 is 31.1 Å². The summed E-state index contributed by atoms with van der Waals surface area (Å²) in [5.74, 6) is -4.54. The maximum absolute atomic E-state index is 12.6. The predicted molar refractivity (Wildman–Crippen MR) is 57.5 cm³/mol. The van der Waals surface area contributed by atoms with Crippen molar-refractivity contribution >= 4 is 11.0 Å². The molecular weight excluding hydrogens is 290 g/mol. The summed E-state index contributed by atoms with van der Waals surface area (Å²) < 4.78 is 80.3. The maximum Gasteiger partial charge on any atom is 0.407 e. The molecule has 0 aliphatic carbocycles. The monoisotopic (exact) mass is 298 g/mol. The van der Waals surface area contributed by atoms with Gasteiger partial charge in [0.1, 0.15) is 11.6 Å². The lowest BCUT2D eigenvalue weighted by atomic mass is 10.1. The van der Waals surface area contributed by atoms with Crippen molar-refractivity contribution in [1.82, 2.24) is 9.97 Å². The second-order valence-electron chi connectivity index (χ2n) is 4.02. The van der Waals surface area contributed by atoms with Gasteiger partial charge >= 0.3 is 12.4 Å². The minimum Gasteiger partial charge on any atom is -0.497 e. The van der Waals surface area contributed by atoms with Gasteiger partial charge in [-0.15, -0.1) is 0 Å². The number of benzene rings is 1. The number of ether oxygens (including phenoxy) is 1. The van der Waals surface area contributed by atoms with E-state index < -0.39 is 24.1 Å². The van der Waals surface area contributed by atoms with Crippen molar-refractivity contribution in [2.24, 2.45) is 0 Å². The van der Waals surface area contributed by atoms with Gasteiger partial charge in [0.05, 0.1) is 18.1 Å². The molecule has 0 spiro atoms. The highest BCUT2D eigenvalue weighted by Crippen LogP contribution is 2.45. The van der Waals surface area contributed by atoms with Gasteiger partial charge in [0.15, 0.2) is 0 Å². The molecule has 0 aliphatic heterocycles. The van der Waals surface area contributed by atoms with Crippen LogP contribution in [0, 0.1) is 0 Å². The SMILES string of the molecule is COc1ccc2nc(C(C(F)(F)F)C(F)(F)F)[nH]c2c1. The van der Waals surface area contributed by atoms with Crippen LogP contribution in [0.4, 0.5) is 26.3 Å². The molecule has 1 N–H and O–H groups in total. The Kier molecular flexibility index (Phi) is 3.31. The standard InChI is InChI=1S/C11H8F6N2O/c1-20-5-2-3-6-7(4-5)19-9(18-6)8(10(12,13)14)11(15,16)17/h2-4,8H,1H3,(H,18,19). The molecule has 0 aliphatic rings. The zero-order valence-corrected chi connectivity index (χ0v) is 9.93. The molecule has 2 rings (SSSR count). The molecule has 0 saturated carbocycles. The Hall–Kier alpha value is -1.93. The molecule has 1 aromatic carbocycles. The Morgan fingerprint density at radius 1 is 1.10 bits per heavy atom. The highest BCUT2D eigenvalue weighted by atomic mass is 19.4. The number of nitrogens with one attached hydrogen (secondary N) is 1. The largest absolute Gasteiger partial charge is 0.497 e. The Morgan fingerprint density at radius 2 is 1.70 bits per heavy atom. The van der Waals surface area contributed by atoms with E-state index in [9.17, 15) is 26.3 Å². The van der Waals surface area contributed by atoms with Crippen LogP contribution < -0.4 is 4.74 Å². The summed E-state index contributed by atoms with van der Waals surface area (Å²) in [6.07, 6.45) is -11.0. The van der Waals surface area contributed by atoms with E-state index in [0.717, 1.165) is 0 Å². The molecular formula is C11H8F6N2O. The van der Waals surface area contributed by atoms with Crippen LogP contribution in [0.5, 0.6) is 5.75 Å². The molecule has 0 unspecified atom stereocenters. The highest BCUT2D eigenvalue weighted by molar-refractivity contribution is 5.77. The van der Waals surface area contributed by atoms with Crippen LogP contribution in [0.1, 0.15) is 11.7 Å². The third-order valence-corrected chi connectivity index (χ3v) is 2.64. The molecule has 0 saturated heterocycles. The first-order valence-electron chi connectivity index (χ1n) is 5.30. The lowest BCUT2D eigenvalue weighted by Crippen LogP contribution is -2.34. The molecule has 0 amide bonds. The smallest absolute Gasteiger partial charge is 0.407 e. The second-order valence-corrected chi connectivity index (χ2v) is 4.02. The quantitative estimate of drug-likeness (QED) is 0.857. The van der Waals surface area contributed by atoms with Gasteiger partial charge in [-0.1, -0.05) is 0 Å². The molecule has 110 valence electrons. The zero-order chi connectivity index (χ0) is 15.1. The number of fused-ring (bicyclic) bond motifs is 1. The molecule has 2 aromatic rings. The van der Waals surface area contributed by atoms with Crippen LogP contribution in [0.3, 0.4) is 0 Å². The summed E-state index contributed by atoms with van der Waals surface area (Å²) in [7, 11) is 1.33. The number of alkyl halides is 6. The van der Waals surface area contributed by atoms with E-state index in [2.05, 4.69) is 9.97 Å². The van der Waals surface area contributed by atoms with E-state index in [1.54, 1.807) is 0 Å². The Bertz CT molecular complexity index is 601. The zero-order valence-electron chi connectivity index (χ0n) is 9.93. The number of methoxy groups -OCH3 is 1. The summed E-state index contributed by atoms with van der Waals surface area (Å²) in [5, 5.41) is 0. The number of aromatic nitrogens is 2. The number of aromatic amines is 1. The van der Waals surface area contributed by atoms with E-state index in [0.29, 0.717) is 5.75 Å².